The Morgan fingerprint density at radius 2 is 1.68 bits per heavy atom. The third-order valence-corrected chi connectivity index (χ3v) is 4.22. The minimum atomic E-state index is -0.224. The van der Waals surface area contributed by atoms with Crippen LogP contribution in [0.4, 0.5) is 0 Å². The van der Waals surface area contributed by atoms with Gasteiger partial charge in [0.15, 0.2) is 6.10 Å². The maximum Gasteiger partial charge on any atom is 0.309 e. The zero-order valence-corrected chi connectivity index (χ0v) is 12.1. The summed E-state index contributed by atoms with van der Waals surface area (Å²) in [4.78, 5) is 17.6. The lowest BCUT2D eigenvalue weighted by Crippen LogP contribution is -2.28. The number of hydrogen-bond donors (Lipinski definition) is 0. The maximum absolute atomic E-state index is 11.6. The van der Waals surface area contributed by atoms with E-state index in [-0.39, 0.29) is 24.2 Å². The molecule has 0 spiro atoms. The highest BCUT2D eigenvalue weighted by Gasteiger charge is 2.51. The van der Waals surface area contributed by atoms with Gasteiger partial charge in [-0.25, -0.2) is 0 Å². The number of carbonyl (C=O) groups excluding carboxylic acids is 1. The molecule has 0 N–H and O–H groups in total. The van der Waals surface area contributed by atoms with Crippen molar-refractivity contribution in [3.63, 3.8) is 0 Å². The van der Waals surface area contributed by atoms with Crippen LogP contribution in [0.3, 0.4) is 0 Å². The Morgan fingerprint density at radius 1 is 1.00 bits per heavy atom. The van der Waals surface area contributed by atoms with Gasteiger partial charge in [0.2, 0.25) is 0 Å². The molecule has 22 heavy (non-hydrogen) atoms. The second kappa shape index (κ2) is 5.55. The number of rotatable bonds is 3. The number of ether oxygens (including phenoxy) is 1. The van der Waals surface area contributed by atoms with E-state index in [2.05, 4.69) is 24.3 Å². The van der Waals surface area contributed by atoms with Crippen molar-refractivity contribution in [2.24, 2.45) is 0 Å². The number of hydroxylamine groups is 2. The second-order valence-electron chi connectivity index (χ2n) is 5.72. The van der Waals surface area contributed by atoms with Crippen LogP contribution in [0, 0.1) is 0 Å². The fourth-order valence-corrected chi connectivity index (χ4v) is 3.23. The summed E-state index contributed by atoms with van der Waals surface area (Å²) < 4.78 is 5.51. The van der Waals surface area contributed by atoms with Crippen molar-refractivity contribution in [2.75, 3.05) is 0 Å². The molecule has 0 bridgehead atoms. The fourth-order valence-electron chi connectivity index (χ4n) is 3.23. The molecule has 0 aromatic heterocycles. The van der Waals surface area contributed by atoms with E-state index in [0.29, 0.717) is 13.0 Å². The number of benzene rings is 2. The largest absolute Gasteiger partial charge is 0.457 e. The van der Waals surface area contributed by atoms with Crippen molar-refractivity contribution < 1.29 is 14.4 Å². The maximum atomic E-state index is 11.6. The lowest BCUT2D eigenvalue weighted by atomic mass is 9.98. The van der Waals surface area contributed by atoms with E-state index >= 15 is 0 Å². The highest BCUT2D eigenvalue weighted by Crippen LogP contribution is 2.41. The molecule has 0 saturated carbocycles. The summed E-state index contributed by atoms with van der Waals surface area (Å²) in [6.07, 6.45) is -0.0701. The molecule has 0 aliphatic carbocycles. The molecule has 2 fully saturated rings. The van der Waals surface area contributed by atoms with Crippen molar-refractivity contribution in [1.29, 1.82) is 0 Å². The van der Waals surface area contributed by atoms with Crippen LogP contribution in [-0.4, -0.2) is 23.2 Å². The van der Waals surface area contributed by atoms with Crippen molar-refractivity contribution in [3.05, 3.63) is 71.8 Å². The molecule has 0 amide bonds. The summed E-state index contributed by atoms with van der Waals surface area (Å²) in [7, 11) is 0. The molecular weight excluding hydrogens is 278 g/mol. The zero-order valence-electron chi connectivity index (χ0n) is 12.1. The molecule has 4 nitrogen and oxygen atoms in total. The van der Waals surface area contributed by atoms with Crippen molar-refractivity contribution >= 4 is 5.97 Å². The Morgan fingerprint density at radius 3 is 2.41 bits per heavy atom. The van der Waals surface area contributed by atoms with Crippen LogP contribution in [0.25, 0.3) is 0 Å². The number of carbonyl (C=O) groups is 1. The van der Waals surface area contributed by atoms with E-state index in [1.165, 1.54) is 5.56 Å². The SMILES string of the molecule is O=C1C[C@H]2ON(Cc3ccccc3)[C@@H](c3ccccc3)[C@H]2O1. The van der Waals surface area contributed by atoms with Crippen LogP contribution in [0.2, 0.25) is 0 Å². The van der Waals surface area contributed by atoms with Gasteiger partial charge >= 0.3 is 5.97 Å². The predicted molar refractivity (Wildman–Crippen MR) is 80.5 cm³/mol. The number of hydrogen-bond acceptors (Lipinski definition) is 4. The van der Waals surface area contributed by atoms with Crippen LogP contribution >= 0.6 is 0 Å². The van der Waals surface area contributed by atoms with Gasteiger partial charge in [0.25, 0.3) is 0 Å². The molecule has 3 atom stereocenters. The Hall–Kier alpha value is -2.17. The van der Waals surface area contributed by atoms with Gasteiger partial charge in [0, 0.05) is 6.54 Å². The summed E-state index contributed by atoms with van der Waals surface area (Å²) in [6.45, 7) is 0.672. The smallest absolute Gasteiger partial charge is 0.309 e. The summed E-state index contributed by atoms with van der Waals surface area (Å²) in [5, 5.41) is 1.95. The molecule has 2 aromatic carbocycles. The third-order valence-electron chi connectivity index (χ3n) is 4.22. The van der Waals surface area contributed by atoms with Crippen LogP contribution in [0.5, 0.6) is 0 Å². The minimum Gasteiger partial charge on any atom is -0.457 e. The molecule has 2 aromatic rings. The molecule has 4 rings (SSSR count). The van der Waals surface area contributed by atoms with Gasteiger partial charge in [0.1, 0.15) is 12.1 Å². The van der Waals surface area contributed by atoms with Crippen LogP contribution in [0.1, 0.15) is 23.6 Å². The van der Waals surface area contributed by atoms with Crippen LogP contribution < -0.4 is 0 Å². The fraction of sp³-hybridized carbons (Fsp3) is 0.278. The van der Waals surface area contributed by atoms with E-state index in [1.54, 1.807) is 0 Å². The van der Waals surface area contributed by atoms with Crippen LogP contribution in [-0.2, 0) is 20.9 Å². The summed E-state index contributed by atoms with van der Waals surface area (Å²) in [5.74, 6) is -0.171. The Labute approximate surface area is 129 Å². The van der Waals surface area contributed by atoms with Gasteiger partial charge in [-0.1, -0.05) is 60.7 Å². The van der Waals surface area contributed by atoms with Gasteiger partial charge < -0.3 is 4.74 Å². The number of esters is 1. The molecule has 112 valence electrons. The van der Waals surface area contributed by atoms with Gasteiger partial charge in [-0.15, -0.1) is 0 Å². The predicted octanol–water partition coefficient (Wildman–Crippen LogP) is 2.86. The summed E-state index contributed by atoms with van der Waals surface area (Å²) >= 11 is 0. The molecule has 2 heterocycles. The average molecular weight is 295 g/mol. The molecular formula is C18H17NO3. The van der Waals surface area contributed by atoms with E-state index in [0.717, 1.165) is 5.56 Å². The average Bonchev–Trinajstić information content (AvgIpc) is 3.04. The van der Waals surface area contributed by atoms with Gasteiger partial charge in [0.05, 0.1) is 6.42 Å². The number of fused-ring (bicyclic) bond motifs is 1. The van der Waals surface area contributed by atoms with E-state index in [9.17, 15) is 4.79 Å². The molecule has 0 radical (unpaired) electrons. The van der Waals surface area contributed by atoms with Gasteiger partial charge in [-0.2, -0.15) is 5.06 Å². The van der Waals surface area contributed by atoms with E-state index in [4.69, 9.17) is 9.57 Å². The third kappa shape index (κ3) is 2.40. The quantitative estimate of drug-likeness (QED) is 0.816. The molecule has 4 heteroatoms. The van der Waals surface area contributed by atoms with Crippen molar-refractivity contribution in [3.8, 4) is 0 Å². The zero-order chi connectivity index (χ0) is 14.9. The molecule has 2 aliphatic heterocycles. The van der Waals surface area contributed by atoms with Crippen molar-refractivity contribution in [2.45, 2.75) is 31.2 Å². The normalized spacial score (nSPS) is 27.6. The van der Waals surface area contributed by atoms with E-state index in [1.807, 2.05) is 41.5 Å². The van der Waals surface area contributed by atoms with Gasteiger partial charge in [-0.3, -0.25) is 9.63 Å². The standard InChI is InChI=1S/C18H17NO3/c20-16-11-15-18(21-16)17(14-9-5-2-6-10-14)19(22-15)12-13-7-3-1-4-8-13/h1-10,15,17-18H,11-12H2/t15-,17+,18+/m1/s1. The topological polar surface area (TPSA) is 38.8 Å². The lowest BCUT2D eigenvalue weighted by molar-refractivity contribution is -0.175. The first-order valence-corrected chi connectivity index (χ1v) is 7.53. The molecule has 0 unspecified atom stereocenters. The van der Waals surface area contributed by atoms with Gasteiger partial charge in [-0.05, 0) is 11.1 Å². The Bertz CT molecular complexity index is 659. The summed E-state index contributed by atoms with van der Waals surface area (Å²) in [6, 6.07) is 20.2. The summed E-state index contributed by atoms with van der Waals surface area (Å²) in [5.41, 5.74) is 2.29. The first-order valence-electron chi connectivity index (χ1n) is 7.53. The van der Waals surface area contributed by atoms with Crippen molar-refractivity contribution in [1.82, 2.24) is 5.06 Å². The Balaban J connectivity index is 1.64. The minimum absolute atomic E-state index is 0.0575. The molecule has 2 saturated heterocycles. The Kier molecular flexibility index (Phi) is 3.41. The highest BCUT2D eigenvalue weighted by molar-refractivity contribution is 5.73. The second-order valence-corrected chi connectivity index (χ2v) is 5.72. The molecule has 2 aliphatic rings. The van der Waals surface area contributed by atoms with Crippen LogP contribution in [0.15, 0.2) is 60.7 Å². The highest BCUT2D eigenvalue weighted by atomic mass is 16.7. The lowest BCUT2D eigenvalue weighted by Gasteiger charge is -2.25. The van der Waals surface area contributed by atoms with E-state index < -0.39 is 0 Å². The monoisotopic (exact) mass is 295 g/mol. The number of nitrogens with zero attached hydrogens (tertiary/aromatic N) is 1. The first-order chi connectivity index (χ1) is 10.8. The first kappa shape index (κ1) is 13.5.